The Morgan fingerprint density at radius 2 is 2.12 bits per heavy atom. The molecule has 1 aliphatic rings. The number of carbonyl (C=O) groups is 1. The number of rotatable bonds is 6. The van der Waals surface area contributed by atoms with Crippen LogP contribution in [-0.4, -0.2) is 19.6 Å². The van der Waals surface area contributed by atoms with Crippen LogP contribution >= 0.6 is 0 Å². The summed E-state index contributed by atoms with van der Waals surface area (Å²) in [4.78, 5) is 11.2. The molecule has 25 heavy (non-hydrogen) atoms. The van der Waals surface area contributed by atoms with Gasteiger partial charge in [0.05, 0.1) is 7.11 Å². The fourth-order valence-corrected chi connectivity index (χ4v) is 3.46. The lowest BCUT2D eigenvalue weighted by atomic mass is 10.0. The van der Waals surface area contributed by atoms with Gasteiger partial charge in [-0.05, 0) is 66.6 Å². The summed E-state index contributed by atoms with van der Waals surface area (Å²) in [7, 11) is 1.39. The number of benzene rings is 2. The third-order valence-corrected chi connectivity index (χ3v) is 4.90. The van der Waals surface area contributed by atoms with Crippen LogP contribution in [0.4, 0.5) is 0 Å². The van der Waals surface area contributed by atoms with E-state index in [2.05, 4.69) is 59.4 Å². The van der Waals surface area contributed by atoms with Gasteiger partial charge in [-0.1, -0.05) is 42.5 Å². The Morgan fingerprint density at radius 3 is 2.92 bits per heavy atom. The number of hydrogen-bond donors (Lipinski definition) is 1. The van der Waals surface area contributed by atoms with Crippen LogP contribution in [0, 0.1) is 6.92 Å². The summed E-state index contributed by atoms with van der Waals surface area (Å²) in [5.74, 6) is -0.323. The lowest BCUT2D eigenvalue weighted by Crippen LogP contribution is -2.22. The monoisotopic (exact) mass is 335 g/mol. The Labute approximate surface area is 149 Å². The molecule has 1 unspecified atom stereocenters. The predicted octanol–water partition coefficient (Wildman–Crippen LogP) is 4.00. The highest BCUT2D eigenvalue weighted by Gasteiger charge is 2.21. The summed E-state index contributed by atoms with van der Waals surface area (Å²) < 4.78 is 4.64. The molecule has 1 aliphatic carbocycles. The number of ether oxygens (including phenoxy) is 1. The molecule has 1 atom stereocenters. The Morgan fingerprint density at radius 1 is 1.28 bits per heavy atom. The molecule has 0 bridgehead atoms. The number of carbonyl (C=O) groups excluding carboxylic acids is 1. The van der Waals surface area contributed by atoms with Crippen molar-refractivity contribution in [3.05, 3.63) is 76.4 Å². The van der Waals surface area contributed by atoms with Crippen LogP contribution in [-0.2, 0) is 22.4 Å². The first-order valence-electron chi connectivity index (χ1n) is 8.84. The smallest absolute Gasteiger partial charge is 0.330 e. The van der Waals surface area contributed by atoms with E-state index in [4.69, 9.17) is 0 Å². The largest absolute Gasteiger partial charge is 0.466 e. The van der Waals surface area contributed by atoms with Gasteiger partial charge in [-0.2, -0.15) is 0 Å². The first-order valence-corrected chi connectivity index (χ1v) is 8.84. The van der Waals surface area contributed by atoms with Gasteiger partial charge in [0.25, 0.3) is 0 Å². The molecule has 0 saturated heterocycles. The number of nitrogens with one attached hydrogen (secondary N) is 1. The maximum atomic E-state index is 11.2. The second-order valence-electron chi connectivity index (χ2n) is 6.54. The van der Waals surface area contributed by atoms with Crippen molar-refractivity contribution in [1.29, 1.82) is 0 Å². The Kier molecular flexibility index (Phi) is 5.67. The van der Waals surface area contributed by atoms with Gasteiger partial charge in [0, 0.05) is 12.1 Å². The summed E-state index contributed by atoms with van der Waals surface area (Å²) in [5, 5.41) is 3.70. The van der Waals surface area contributed by atoms with E-state index in [1.165, 1.54) is 35.4 Å². The van der Waals surface area contributed by atoms with Crippen molar-refractivity contribution in [2.75, 3.05) is 13.7 Å². The number of methoxy groups -OCH3 is 1. The Hall–Kier alpha value is -2.39. The molecule has 130 valence electrons. The van der Waals surface area contributed by atoms with Gasteiger partial charge in [-0.15, -0.1) is 0 Å². The van der Waals surface area contributed by atoms with Crippen molar-refractivity contribution >= 4 is 12.0 Å². The molecule has 0 aromatic heterocycles. The molecular formula is C22H25NO2. The second kappa shape index (κ2) is 8.13. The normalized spacial score (nSPS) is 16.2. The van der Waals surface area contributed by atoms with Crippen molar-refractivity contribution in [2.24, 2.45) is 0 Å². The highest BCUT2D eigenvalue weighted by atomic mass is 16.5. The molecule has 0 fully saturated rings. The fourth-order valence-electron chi connectivity index (χ4n) is 3.46. The number of hydrogen-bond acceptors (Lipinski definition) is 3. The number of fused-ring (bicyclic) bond motifs is 1. The van der Waals surface area contributed by atoms with Crippen molar-refractivity contribution in [1.82, 2.24) is 5.32 Å². The third kappa shape index (κ3) is 4.37. The van der Waals surface area contributed by atoms with Crippen LogP contribution in [0.2, 0.25) is 0 Å². The molecule has 2 aromatic rings. The van der Waals surface area contributed by atoms with Crippen LogP contribution in [0.15, 0.2) is 48.5 Å². The van der Waals surface area contributed by atoms with Crippen molar-refractivity contribution < 1.29 is 9.53 Å². The first kappa shape index (κ1) is 17.4. The second-order valence-corrected chi connectivity index (χ2v) is 6.54. The molecular weight excluding hydrogens is 310 g/mol. The minimum Gasteiger partial charge on any atom is -0.466 e. The van der Waals surface area contributed by atoms with Gasteiger partial charge < -0.3 is 10.1 Å². The SMILES string of the molecule is COC(=O)C=Cc1ccc2c(c1)CCC2NCCc1ccccc1C. The predicted molar refractivity (Wildman–Crippen MR) is 101 cm³/mol. The van der Waals surface area contributed by atoms with Crippen LogP contribution in [0.3, 0.4) is 0 Å². The lowest BCUT2D eigenvalue weighted by Gasteiger charge is -2.15. The average molecular weight is 335 g/mol. The van der Waals surface area contributed by atoms with Crippen LogP contribution in [0.1, 0.15) is 40.3 Å². The molecule has 0 saturated carbocycles. The molecule has 0 radical (unpaired) electrons. The van der Waals surface area contributed by atoms with E-state index in [0.29, 0.717) is 6.04 Å². The van der Waals surface area contributed by atoms with E-state index in [1.807, 2.05) is 6.08 Å². The number of esters is 1. The molecule has 3 nitrogen and oxygen atoms in total. The molecule has 3 heteroatoms. The molecule has 0 amide bonds. The van der Waals surface area contributed by atoms with Gasteiger partial charge in [-0.3, -0.25) is 0 Å². The maximum absolute atomic E-state index is 11.2. The van der Waals surface area contributed by atoms with Crippen LogP contribution < -0.4 is 5.32 Å². The molecule has 1 N–H and O–H groups in total. The van der Waals surface area contributed by atoms with E-state index in [0.717, 1.165) is 31.4 Å². The van der Waals surface area contributed by atoms with Crippen LogP contribution in [0.25, 0.3) is 6.08 Å². The molecule has 3 rings (SSSR count). The van der Waals surface area contributed by atoms with E-state index in [1.54, 1.807) is 0 Å². The zero-order chi connectivity index (χ0) is 17.6. The first-order chi connectivity index (χ1) is 12.2. The lowest BCUT2D eigenvalue weighted by molar-refractivity contribution is -0.134. The van der Waals surface area contributed by atoms with Gasteiger partial charge in [0.1, 0.15) is 0 Å². The zero-order valence-corrected chi connectivity index (χ0v) is 14.9. The van der Waals surface area contributed by atoms with Crippen molar-refractivity contribution in [3.63, 3.8) is 0 Å². The van der Waals surface area contributed by atoms with Crippen molar-refractivity contribution in [2.45, 2.75) is 32.2 Å². The summed E-state index contributed by atoms with van der Waals surface area (Å²) >= 11 is 0. The average Bonchev–Trinajstić information content (AvgIpc) is 3.03. The fraction of sp³-hybridized carbons (Fsp3) is 0.318. The van der Waals surface area contributed by atoms with Gasteiger partial charge in [0.2, 0.25) is 0 Å². The topological polar surface area (TPSA) is 38.3 Å². The maximum Gasteiger partial charge on any atom is 0.330 e. The van der Waals surface area contributed by atoms with Gasteiger partial charge in [-0.25, -0.2) is 4.79 Å². The highest BCUT2D eigenvalue weighted by Crippen LogP contribution is 2.32. The minimum atomic E-state index is -0.323. The summed E-state index contributed by atoms with van der Waals surface area (Å²) in [6.07, 6.45) is 6.54. The standard InChI is InChI=1S/C22H25NO2/c1-16-5-3-4-6-18(16)13-14-23-21-11-9-19-15-17(7-10-20(19)21)8-12-22(24)25-2/h3-8,10,12,15,21,23H,9,11,13-14H2,1-2H3. The summed E-state index contributed by atoms with van der Waals surface area (Å²) in [6.45, 7) is 3.16. The minimum absolute atomic E-state index is 0.323. The van der Waals surface area contributed by atoms with Crippen molar-refractivity contribution in [3.8, 4) is 0 Å². The number of aryl methyl sites for hydroxylation is 2. The molecule has 0 spiro atoms. The van der Waals surface area contributed by atoms with Gasteiger partial charge >= 0.3 is 5.97 Å². The summed E-state index contributed by atoms with van der Waals surface area (Å²) in [6, 6.07) is 15.4. The van der Waals surface area contributed by atoms with Crippen LogP contribution in [0.5, 0.6) is 0 Å². The highest BCUT2D eigenvalue weighted by molar-refractivity contribution is 5.86. The van der Waals surface area contributed by atoms with Gasteiger partial charge in [0.15, 0.2) is 0 Å². The third-order valence-electron chi connectivity index (χ3n) is 4.90. The van der Waals surface area contributed by atoms with E-state index in [9.17, 15) is 4.79 Å². The molecule has 0 aliphatic heterocycles. The zero-order valence-electron chi connectivity index (χ0n) is 14.9. The van der Waals surface area contributed by atoms with E-state index < -0.39 is 0 Å². The summed E-state index contributed by atoms with van der Waals surface area (Å²) in [5.41, 5.74) is 6.58. The Balaban J connectivity index is 1.59. The van der Waals surface area contributed by atoms with E-state index >= 15 is 0 Å². The molecule has 0 heterocycles. The Bertz CT molecular complexity index is 779. The molecule has 2 aromatic carbocycles. The van der Waals surface area contributed by atoms with E-state index in [-0.39, 0.29) is 5.97 Å². The quantitative estimate of drug-likeness (QED) is 0.640.